The summed E-state index contributed by atoms with van der Waals surface area (Å²) in [5.74, 6) is -3.59. The zero-order valence-electron chi connectivity index (χ0n) is 9.49. The van der Waals surface area contributed by atoms with Crippen LogP contribution >= 0.6 is 0 Å². The second-order valence-corrected chi connectivity index (χ2v) is 4.15. The van der Waals surface area contributed by atoms with E-state index in [2.05, 4.69) is 0 Å². The highest BCUT2D eigenvalue weighted by atomic mass is 19.3. The van der Waals surface area contributed by atoms with E-state index in [9.17, 15) is 13.6 Å². The highest BCUT2D eigenvalue weighted by Gasteiger charge is 2.37. The molecule has 1 aliphatic rings. The summed E-state index contributed by atoms with van der Waals surface area (Å²) in [6.07, 6.45) is 1.75. The average Bonchev–Trinajstić information content (AvgIpc) is 2.33. The molecule has 0 saturated heterocycles. The molecule has 1 aromatic carbocycles. The Morgan fingerprint density at radius 3 is 2.28 bits per heavy atom. The first-order valence-corrected chi connectivity index (χ1v) is 5.35. The number of hydrogen-bond donors (Lipinski definition) is 2. The van der Waals surface area contributed by atoms with E-state index in [0.29, 0.717) is 11.3 Å². The second-order valence-electron chi connectivity index (χ2n) is 4.15. The summed E-state index contributed by atoms with van der Waals surface area (Å²) < 4.78 is 26.8. The zero-order valence-corrected chi connectivity index (χ0v) is 9.49. The highest BCUT2D eigenvalue weighted by molar-refractivity contribution is 6.09. The van der Waals surface area contributed by atoms with Crippen LogP contribution < -0.4 is 11.5 Å². The topological polar surface area (TPSA) is 69.1 Å². The molecular formula is C13H12F2N2O. The van der Waals surface area contributed by atoms with Crippen molar-refractivity contribution in [1.29, 1.82) is 0 Å². The van der Waals surface area contributed by atoms with Crippen molar-refractivity contribution in [3.63, 3.8) is 0 Å². The van der Waals surface area contributed by atoms with Crippen LogP contribution in [0.3, 0.4) is 0 Å². The van der Waals surface area contributed by atoms with E-state index in [1.54, 1.807) is 12.1 Å². The van der Waals surface area contributed by atoms with Crippen LogP contribution in [0.25, 0.3) is 0 Å². The summed E-state index contributed by atoms with van der Waals surface area (Å²) >= 11 is 0. The van der Waals surface area contributed by atoms with E-state index in [0.717, 1.165) is 6.08 Å². The Labute approximate surface area is 103 Å². The van der Waals surface area contributed by atoms with E-state index in [1.807, 2.05) is 0 Å². The van der Waals surface area contributed by atoms with E-state index in [-0.39, 0.29) is 5.57 Å². The summed E-state index contributed by atoms with van der Waals surface area (Å²) in [5, 5.41) is 0. The number of alkyl halides is 2. The van der Waals surface area contributed by atoms with Gasteiger partial charge in [-0.2, -0.15) is 8.78 Å². The maximum atomic E-state index is 13.4. The number of carbonyl (C=O) groups is 1. The van der Waals surface area contributed by atoms with Crippen LogP contribution in [0.1, 0.15) is 16.8 Å². The van der Waals surface area contributed by atoms with Gasteiger partial charge in [0.1, 0.15) is 0 Å². The number of nitrogens with two attached hydrogens (primary N) is 2. The van der Waals surface area contributed by atoms with Gasteiger partial charge in [0.25, 0.3) is 5.92 Å². The molecule has 0 spiro atoms. The molecule has 2 rings (SSSR count). The van der Waals surface area contributed by atoms with Crippen LogP contribution in [0.4, 0.5) is 14.5 Å². The monoisotopic (exact) mass is 250 g/mol. The molecule has 0 radical (unpaired) electrons. The van der Waals surface area contributed by atoms with Gasteiger partial charge in [-0.1, -0.05) is 6.08 Å². The van der Waals surface area contributed by atoms with E-state index in [1.165, 1.54) is 18.2 Å². The largest absolute Gasteiger partial charge is 0.399 e. The summed E-state index contributed by atoms with van der Waals surface area (Å²) in [6, 6.07) is 6.13. The van der Waals surface area contributed by atoms with Crippen molar-refractivity contribution in [2.24, 2.45) is 5.73 Å². The third-order valence-corrected chi connectivity index (χ3v) is 2.76. The Morgan fingerprint density at radius 2 is 1.72 bits per heavy atom. The average molecular weight is 250 g/mol. The molecule has 1 aromatic rings. The fraction of sp³-hybridized carbons (Fsp3) is 0.154. The molecule has 5 heteroatoms. The molecular weight excluding hydrogens is 238 g/mol. The number of nitrogen functional groups attached to an aromatic ring is 1. The minimum absolute atomic E-state index is 0.0407. The minimum atomic E-state index is -3.16. The molecule has 0 atom stereocenters. The van der Waals surface area contributed by atoms with E-state index in [4.69, 9.17) is 11.5 Å². The molecule has 4 N–H and O–H groups in total. The van der Waals surface area contributed by atoms with Gasteiger partial charge in [-0.15, -0.1) is 0 Å². The number of anilines is 1. The number of Topliss-reactive ketones (excluding diaryl/α,β-unsaturated/α-hetero) is 1. The van der Waals surface area contributed by atoms with E-state index < -0.39 is 23.8 Å². The van der Waals surface area contributed by atoms with Crippen LogP contribution in [-0.2, 0) is 0 Å². The lowest BCUT2D eigenvalue weighted by molar-refractivity contribution is 0.0377. The lowest BCUT2D eigenvalue weighted by Gasteiger charge is -2.21. The van der Waals surface area contributed by atoms with Gasteiger partial charge in [-0.05, 0) is 30.3 Å². The first-order valence-electron chi connectivity index (χ1n) is 5.35. The normalized spacial score (nSPS) is 17.9. The van der Waals surface area contributed by atoms with Crippen LogP contribution in [0.2, 0.25) is 0 Å². The van der Waals surface area contributed by atoms with Crippen LogP contribution in [-0.4, -0.2) is 11.7 Å². The van der Waals surface area contributed by atoms with Crippen LogP contribution in [0.15, 0.2) is 47.7 Å². The Kier molecular flexibility index (Phi) is 2.90. The number of halogens is 2. The third kappa shape index (κ3) is 2.25. The quantitative estimate of drug-likeness (QED) is 0.624. The van der Waals surface area contributed by atoms with Gasteiger partial charge in [0.05, 0.1) is 5.70 Å². The molecule has 0 heterocycles. The van der Waals surface area contributed by atoms with Gasteiger partial charge in [-0.25, -0.2) is 0 Å². The summed E-state index contributed by atoms with van der Waals surface area (Å²) in [5.41, 5.74) is 11.0. The molecule has 0 aliphatic heterocycles. The smallest absolute Gasteiger partial charge is 0.291 e. The molecule has 0 unspecified atom stereocenters. The fourth-order valence-corrected chi connectivity index (χ4v) is 1.69. The molecule has 0 amide bonds. The van der Waals surface area contributed by atoms with Gasteiger partial charge in [0, 0.05) is 23.2 Å². The molecule has 0 saturated carbocycles. The number of allylic oxidation sites excluding steroid dienone is 4. The SMILES string of the molecule is NC1=CC=C(C(=O)c2ccc(N)cc2)CC1(F)F. The summed E-state index contributed by atoms with van der Waals surface area (Å²) in [4.78, 5) is 12.0. The third-order valence-electron chi connectivity index (χ3n) is 2.76. The van der Waals surface area contributed by atoms with Crippen LogP contribution in [0, 0.1) is 0 Å². The predicted molar refractivity (Wildman–Crippen MR) is 65.1 cm³/mol. The van der Waals surface area contributed by atoms with Crippen molar-refractivity contribution in [3.05, 3.63) is 53.3 Å². The Balaban J connectivity index is 2.28. The van der Waals surface area contributed by atoms with Gasteiger partial charge in [0.15, 0.2) is 5.78 Å². The van der Waals surface area contributed by atoms with Crippen molar-refractivity contribution < 1.29 is 13.6 Å². The minimum Gasteiger partial charge on any atom is -0.399 e. The van der Waals surface area contributed by atoms with Gasteiger partial charge in [0.2, 0.25) is 0 Å². The standard InChI is InChI=1S/C13H12F2N2O/c14-13(15)7-9(3-6-11(13)17)12(18)8-1-4-10(16)5-2-8/h1-6H,7,16-17H2. The molecule has 3 nitrogen and oxygen atoms in total. The Morgan fingerprint density at radius 1 is 1.11 bits per heavy atom. The van der Waals surface area contributed by atoms with Crippen molar-refractivity contribution in [1.82, 2.24) is 0 Å². The van der Waals surface area contributed by atoms with Gasteiger partial charge >= 0.3 is 0 Å². The van der Waals surface area contributed by atoms with Crippen molar-refractivity contribution in [2.75, 3.05) is 5.73 Å². The van der Waals surface area contributed by atoms with Crippen molar-refractivity contribution in [2.45, 2.75) is 12.3 Å². The first kappa shape index (κ1) is 12.3. The predicted octanol–water partition coefficient (Wildman–Crippen LogP) is 2.26. The lowest BCUT2D eigenvalue weighted by Crippen LogP contribution is -2.29. The number of carbonyl (C=O) groups excluding carboxylic acids is 1. The Bertz CT molecular complexity index is 545. The van der Waals surface area contributed by atoms with Gasteiger partial charge in [-0.3, -0.25) is 4.79 Å². The second kappa shape index (κ2) is 4.25. The number of ketones is 1. The fourth-order valence-electron chi connectivity index (χ4n) is 1.69. The molecule has 0 bridgehead atoms. The first-order chi connectivity index (χ1) is 8.40. The summed E-state index contributed by atoms with van der Waals surface area (Å²) in [7, 11) is 0. The molecule has 18 heavy (non-hydrogen) atoms. The molecule has 0 aromatic heterocycles. The lowest BCUT2D eigenvalue weighted by atomic mass is 9.93. The molecule has 94 valence electrons. The summed E-state index contributed by atoms with van der Waals surface area (Å²) in [6.45, 7) is 0. The van der Waals surface area contributed by atoms with E-state index >= 15 is 0 Å². The number of benzene rings is 1. The van der Waals surface area contributed by atoms with Crippen molar-refractivity contribution >= 4 is 11.5 Å². The van der Waals surface area contributed by atoms with Gasteiger partial charge < -0.3 is 11.5 Å². The Hall–Kier alpha value is -2.17. The molecule has 1 aliphatic carbocycles. The highest BCUT2D eigenvalue weighted by Crippen LogP contribution is 2.33. The molecule has 0 fully saturated rings. The van der Waals surface area contributed by atoms with Crippen LogP contribution in [0.5, 0.6) is 0 Å². The number of rotatable bonds is 2. The van der Waals surface area contributed by atoms with Crippen molar-refractivity contribution in [3.8, 4) is 0 Å². The maximum Gasteiger partial charge on any atom is 0.291 e. The maximum absolute atomic E-state index is 13.4. The zero-order chi connectivity index (χ0) is 13.3. The number of hydrogen-bond acceptors (Lipinski definition) is 3.